The van der Waals surface area contributed by atoms with Gasteiger partial charge in [0.2, 0.25) is 0 Å². The molecule has 0 fully saturated rings. The van der Waals surface area contributed by atoms with Crippen LogP contribution in [0.25, 0.3) is 0 Å². The maximum Gasteiger partial charge on any atom is 0.306 e. The molecule has 0 aliphatic heterocycles. The van der Waals surface area contributed by atoms with Crippen molar-refractivity contribution in [3.05, 3.63) is 85.1 Å². The van der Waals surface area contributed by atoms with Gasteiger partial charge in [-0.15, -0.1) is 0 Å². The van der Waals surface area contributed by atoms with Gasteiger partial charge in [0.25, 0.3) is 0 Å². The molecule has 6 heteroatoms. The number of ether oxygens (including phenoxy) is 3. The molecule has 0 N–H and O–H groups in total. The third-order valence-corrected chi connectivity index (χ3v) is 12.9. The number of hydrogen-bond donors (Lipinski definition) is 0. The van der Waals surface area contributed by atoms with Gasteiger partial charge in [-0.1, -0.05) is 254 Å². The fourth-order valence-electron chi connectivity index (χ4n) is 8.39. The maximum absolute atomic E-state index is 12.9. The van der Waals surface area contributed by atoms with Gasteiger partial charge in [0.15, 0.2) is 6.10 Å². The number of unbranched alkanes of at least 4 members (excludes halogenated alkanes) is 31. The average molecular weight is 990 g/mol. The van der Waals surface area contributed by atoms with Crippen LogP contribution in [0.3, 0.4) is 0 Å². The fourth-order valence-corrected chi connectivity index (χ4v) is 8.39. The quantitative estimate of drug-likeness (QED) is 0.0199. The summed E-state index contributed by atoms with van der Waals surface area (Å²) in [6, 6.07) is 0. The number of allylic oxidation sites excluding steroid dienone is 14. The van der Waals surface area contributed by atoms with Crippen LogP contribution in [-0.4, -0.2) is 37.2 Å². The Hall–Kier alpha value is -3.41. The molecule has 0 aromatic carbocycles. The first kappa shape index (κ1) is 67.6. The lowest BCUT2D eigenvalue weighted by Gasteiger charge is -2.18. The summed E-state index contributed by atoms with van der Waals surface area (Å²) >= 11 is 0. The van der Waals surface area contributed by atoms with Crippen molar-refractivity contribution in [2.45, 2.75) is 297 Å². The molecule has 6 nitrogen and oxygen atoms in total. The van der Waals surface area contributed by atoms with Crippen LogP contribution in [0.5, 0.6) is 0 Å². The molecule has 0 radical (unpaired) electrons. The minimum absolute atomic E-state index is 0.0900. The number of rotatable bonds is 54. The Balaban J connectivity index is 4.44. The van der Waals surface area contributed by atoms with E-state index in [4.69, 9.17) is 14.2 Å². The van der Waals surface area contributed by atoms with Gasteiger partial charge in [-0.3, -0.25) is 14.4 Å². The molecule has 0 rings (SSSR count). The van der Waals surface area contributed by atoms with Crippen LogP contribution < -0.4 is 0 Å². The first-order chi connectivity index (χ1) is 35.0. The fraction of sp³-hybridized carbons (Fsp3) is 0.738. The summed E-state index contributed by atoms with van der Waals surface area (Å²) in [7, 11) is 0. The molecular weight excluding hydrogens is 877 g/mol. The monoisotopic (exact) mass is 989 g/mol. The molecule has 0 saturated heterocycles. The van der Waals surface area contributed by atoms with E-state index in [1.165, 1.54) is 141 Å². The topological polar surface area (TPSA) is 78.9 Å². The van der Waals surface area contributed by atoms with Crippen molar-refractivity contribution in [2.24, 2.45) is 0 Å². The van der Waals surface area contributed by atoms with Gasteiger partial charge in [0.1, 0.15) is 13.2 Å². The van der Waals surface area contributed by atoms with Gasteiger partial charge in [-0.2, -0.15) is 0 Å². The Morgan fingerprint density at radius 2 is 0.606 bits per heavy atom. The predicted molar refractivity (Wildman–Crippen MR) is 307 cm³/mol. The van der Waals surface area contributed by atoms with E-state index in [2.05, 4.69) is 106 Å². The van der Waals surface area contributed by atoms with Crippen molar-refractivity contribution in [1.82, 2.24) is 0 Å². The second-order valence-electron chi connectivity index (χ2n) is 19.9. The highest BCUT2D eigenvalue weighted by Crippen LogP contribution is 2.15. The lowest BCUT2D eigenvalue weighted by atomic mass is 10.1. The zero-order valence-corrected chi connectivity index (χ0v) is 46.7. The lowest BCUT2D eigenvalue weighted by molar-refractivity contribution is -0.167. The van der Waals surface area contributed by atoms with Gasteiger partial charge in [0, 0.05) is 19.3 Å². The number of carbonyl (C=O) groups excluding carboxylic acids is 3. The first-order valence-electron chi connectivity index (χ1n) is 30.1. The molecule has 1 unspecified atom stereocenters. The van der Waals surface area contributed by atoms with Crippen molar-refractivity contribution in [3.63, 3.8) is 0 Å². The maximum atomic E-state index is 12.9. The normalized spacial score (nSPS) is 12.7. The molecule has 1 atom stereocenters. The minimum Gasteiger partial charge on any atom is -0.462 e. The van der Waals surface area contributed by atoms with E-state index in [-0.39, 0.29) is 31.1 Å². The number of hydrogen-bond acceptors (Lipinski definition) is 6. The van der Waals surface area contributed by atoms with E-state index in [1.54, 1.807) is 0 Å². The highest BCUT2D eigenvalue weighted by Gasteiger charge is 2.19. The van der Waals surface area contributed by atoms with Crippen LogP contribution in [0.1, 0.15) is 290 Å². The van der Waals surface area contributed by atoms with Gasteiger partial charge in [-0.25, -0.2) is 0 Å². The Bertz CT molecular complexity index is 1370. The summed E-state index contributed by atoms with van der Waals surface area (Å²) in [5, 5.41) is 0. The zero-order chi connectivity index (χ0) is 51.4. The molecule has 0 amide bonds. The summed E-state index contributed by atoms with van der Waals surface area (Å²) in [6.45, 7) is 6.51. The van der Waals surface area contributed by atoms with Gasteiger partial charge >= 0.3 is 17.9 Å². The molecule has 0 saturated carbocycles. The lowest BCUT2D eigenvalue weighted by Crippen LogP contribution is -2.30. The molecule has 0 aromatic rings. The van der Waals surface area contributed by atoms with Crippen LogP contribution in [0, 0.1) is 0 Å². The van der Waals surface area contributed by atoms with E-state index in [1.807, 2.05) is 0 Å². The third-order valence-electron chi connectivity index (χ3n) is 12.9. The molecular formula is C65H112O6. The number of carbonyl (C=O) groups is 3. The van der Waals surface area contributed by atoms with E-state index < -0.39 is 6.10 Å². The Morgan fingerprint density at radius 3 is 0.986 bits per heavy atom. The molecule has 0 bridgehead atoms. The molecule has 71 heavy (non-hydrogen) atoms. The standard InChI is InChI=1S/C65H112O6/c1-4-7-10-13-16-19-22-25-28-31-33-35-37-40-43-46-49-52-55-58-64(67)70-61-62(60-69-63(66)57-54-51-48-45-42-39-36-30-27-24-21-18-15-12-9-6-3)71-65(68)59-56-53-50-47-44-41-38-34-32-29-26-23-20-17-14-11-8-5-2/h7,10,16,19,23,25-26,28-30,32,34,36,38,62H,4-6,8-9,11-15,17-18,20-22,24,27,31,33,35,37,39-61H2,1-3H3/b10-7-,19-16-,26-23-,28-25-,32-29-,36-30-,38-34-. The molecule has 0 aromatic heterocycles. The van der Waals surface area contributed by atoms with E-state index in [0.29, 0.717) is 19.3 Å². The average Bonchev–Trinajstić information content (AvgIpc) is 3.37. The minimum atomic E-state index is -0.794. The smallest absolute Gasteiger partial charge is 0.306 e. The largest absolute Gasteiger partial charge is 0.462 e. The second kappa shape index (κ2) is 59.2. The first-order valence-corrected chi connectivity index (χ1v) is 30.1. The van der Waals surface area contributed by atoms with Gasteiger partial charge < -0.3 is 14.2 Å². The molecule has 0 spiro atoms. The van der Waals surface area contributed by atoms with Crippen molar-refractivity contribution in [1.29, 1.82) is 0 Å². The Labute approximate surface area is 439 Å². The Morgan fingerprint density at radius 1 is 0.310 bits per heavy atom. The predicted octanol–water partition coefficient (Wildman–Crippen LogP) is 20.3. The van der Waals surface area contributed by atoms with Crippen molar-refractivity contribution in [3.8, 4) is 0 Å². The van der Waals surface area contributed by atoms with Crippen molar-refractivity contribution >= 4 is 17.9 Å². The third kappa shape index (κ3) is 57.4. The second-order valence-corrected chi connectivity index (χ2v) is 19.9. The van der Waals surface area contributed by atoms with Crippen LogP contribution in [0.15, 0.2) is 85.1 Å². The zero-order valence-electron chi connectivity index (χ0n) is 46.7. The molecule has 408 valence electrons. The SMILES string of the molecule is CC/C=C\C/C=C\C/C=C\CCCCCCCCCCCC(=O)OCC(COC(=O)CCCCCCC/C=C\CCCCCCCCC)OC(=O)CCCCCCC\C=C/C=C\C=C/CCCCCCC. The van der Waals surface area contributed by atoms with Crippen molar-refractivity contribution < 1.29 is 28.6 Å². The van der Waals surface area contributed by atoms with Gasteiger partial charge in [0.05, 0.1) is 0 Å². The van der Waals surface area contributed by atoms with Crippen LogP contribution in [0.2, 0.25) is 0 Å². The summed E-state index contributed by atoms with van der Waals surface area (Å²) < 4.78 is 16.9. The Kier molecular flexibility index (Phi) is 56.3. The van der Waals surface area contributed by atoms with Crippen LogP contribution in [-0.2, 0) is 28.6 Å². The molecule has 0 aliphatic rings. The number of esters is 3. The summed E-state index contributed by atoms with van der Waals surface area (Å²) in [6.07, 6.45) is 77.1. The molecule has 0 aliphatic carbocycles. The summed E-state index contributed by atoms with van der Waals surface area (Å²) in [4.78, 5) is 38.2. The summed E-state index contributed by atoms with van der Waals surface area (Å²) in [5.74, 6) is -0.915. The van der Waals surface area contributed by atoms with Crippen LogP contribution in [0.4, 0.5) is 0 Å². The van der Waals surface area contributed by atoms with E-state index >= 15 is 0 Å². The van der Waals surface area contributed by atoms with E-state index in [9.17, 15) is 14.4 Å². The highest BCUT2D eigenvalue weighted by atomic mass is 16.6. The van der Waals surface area contributed by atoms with E-state index in [0.717, 1.165) is 109 Å². The highest BCUT2D eigenvalue weighted by molar-refractivity contribution is 5.71. The van der Waals surface area contributed by atoms with Gasteiger partial charge in [-0.05, 0) is 103 Å². The van der Waals surface area contributed by atoms with Crippen LogP contribution >= 0.6 is 0 Å². The molecule has 0 heterocycles. The summed E-state index contributed by atoms with van der Waals surface area (Å²) in [5.41, 5.74) is 0. The van der Waals surface area contributed by atoms with Crippen molar-refractivity contribution in [2.75, 3.05) is 13.2 Å².